The molecule has 5 heteroatoms. The summed E-state index contributed by atoms with van der Waals surface area (Å²) in [5.41, 5.74) is 0. The quantitative estimate of drug-likeness (QED) is 0.632. The van der Waals surface area contributed by atoms with Crippen LogP contribution < -0.4 is 10.6 Å². The third-order valence-electron chi connectivity index (χ3n) is 2.85. The van der Waals surface area contributed by atoms with E-state index in [1.165, 1.54) is 12.8 Å². The monoisotopic (exact) mass is 244 g/mol. The lowest BCUT2D eigenvalue weighted by molar-refractivity contribution is -0.123. The molecule has 1 saturated heterocycles. The Morgan fingerprint density at radius 2 is 2.18 bits per heavy atom. The molecule has 0 spiro atoms. The highest BCUT2D eigenvalue weighted by Crippen LogP contribution is 2.08. The number of carbonyl (C=O) groups is 1. The molecule has 0 aliphatic carbocycles. The van der Waals surface area contributed by atoms with Gasteiger partial charge in [0, 0.05) is 13.7 Å². The van der Waals surface area contributed by atoms with Gasteiger partial charge in [-0.25, -0.2) is 0 Å². The molecule has 1 aliphatic heterocycles. The molecule has 0 aromatic rings. The van der Waals surface area contributed by atoms with Crippen molar-refractivity contribution in [3.05, 3.63) is 0 Å². The molecule has 1 rings (SSSR count). The molecule has 0 saturated carbocycles. The van der Waals surface area contributed by atoms with Gasteiger partial charge in [0.05, 0.1) is 25.9 Å². The fourth-order valence-electron chi connectivity index (χ4n) is 1.87. The normalized spacial score (nSPS) is 20.9. The van der Waals surface area contributed by atoms with Gasteiger partial charge in [0.15, 0.2) is 0 Å². The van der Waals surface area contributed by atoms with Crippen LogP contribution >= 0.6 is 0 Å². The number of amides is 1. The summed E-state index contributed by atoms with van der Waals surface area (Å²) in [5.74, 6) is 0.0993. The number of hydrogen-bond donors (Lipinski definition) is 2. The highest BCUT2D eigenvalue weighted by molar-refractivity contribution is 5.81. The molecule has 0 aromatic carbocycles. The molecule has 1 heterocycles. The molecule has 1 fully saturated rings. The van der Waals surface area contributed by atoms with E-state index in [9.17, 15) is 4.79 Å². The van der Waals surface area contributed by atoms with E-state index in [1.807, 2.05) is 0 Å². The van der Waals surface area contributed by atoms with E-state index in [0.29, 0.717) is 26.4 Å². The number of hydrogen-bond acceptors (Lipinski definition) is 4. The van der Waals surface area contributed by atoms with Crippen molar-refractivity contribution in [3.63, 3.8) is 0 Å². The molecule has 100 valence electrons. The summed E-state index contributed by atoms with van der Waals surface area (Å²) in [4.78, 5) is 11.8. The third kappa shape index (κ3) is 6.61. The van der Waals surface area contributed by atoms with Crippen molar-refractivity contribution >= 4 is 5.91 Å². The summed E-state index contributed by atoms with van der Waals surface area (Å²) < 4.78 is 10.1. The van der Waals surface area contributed by atoms with E-state index in [2.05, 4.69) is 10.6 Å². The van der Waals surface area contributed by atoms with Crippen LogP contribution in [0, 0.1) is 0 Å². The van der Waals surface area contributed by atoms with E-state index in [1.54, 1.807) is 7.11 Å². The van der Waals surface area contributed by atoms with Crippen LogP contribution in [0.3, 0.4) is 0 Å². The van der Waals surface area contributed by atoms with Gasteiger partial charge in [0.1, 0.15) is 0 Å². The van der Waals surface area contributed by atoms with Crippen LogP contribution in [-0.4, -0.2) is 52.0 Å². The van der Waals surface area contributed by atoms with E-state index < -0.39 is 0 Å². The average Bonchev–Trinajstić information content (AvgIpc) is 2.62. The maximum Gasteiger partial charge on any atom is 0.237 e. The molecule has 1 atom stereocenters. The van der Waals surface area contributed by atoms with E-state index in [0.717, 1.165) is 19.4 Å². The van der Waals surface area contributed by atoms with Crippen molar-refractivity contribution in [2.24, 2.45) is 0 Å². The number of carbonyl (C=O) groups excluding carboxylic acids is 1. The molecule has 5 nitrogen and oxygen atoms in total. The van der Waals surface area contributed by atoms with Gasteiger partial charge in [0.2, 0.25) is 5.91 Å². The van der Waals surface area contributed by atoms with Crippen molar-refractivity contribution < 1.29 is 14.3 Å². The minimum Gasteiger partial charge on any atom is -0.382 e. The largest absolute Gasteiger partial charge is 0.382 e. The van der Waals surface area contributed by atoms with Gasteiger partial charge in [-0.3, -0.25) is 4.79 Å². The second-order valence-electron chi connectivity index (χ2n) is 4.25. The molecule has 1 amide bonds. The number of ether oxygens (including phenoxy) is 2. The van der Waals surface area contributed by atoms with Crippen LogP contribution in [0.25, 0.3) is 0 Å². The van der Waals surface area contributed by atoms with Gasteiger partial charge in [-0.1, -0.05) is 12.8 Å². The zero-order valence-electron chi connectivity index (χ0n) is 10.7. The van der Waals surface area contributed by atoms with Crippen LogP contribution in [0.5, 0.6) is 0 Å². The predicted octanol–water partition coefficient (Wildman–Crippen LogP) is 0.298. The van der Waals surface area contributed by atoms with Crippen LogP contribution in [0.1, 0.15) is 25.7 Å². The van der Waals surface area contributed by atoms with Crippen LogP contribution in [0.4, 0.5) is 0 Å². The average molecular weight is 244 g/mol. The highest BCUT2D eigenvalue weighted by Gasteiger charge is 2.18. The molecule has 1 aliphatic rings. The van der Waals surface area contributed by atoms with Gasteiger partial charge in [-0.05, 0) is 19.4 Å². The molecule has 0 bridgehead atoms. The fraction of sp³-hybridized carbons (Fsp3) is 0.917. The Balaban J connectivity index is 2.03. The van der Waals surface area contributed by atoms with Gasteiger partial charge >= 0.3 is 0 Å². The lowest BCUT2D eigenvalue weighted by Crippen LogP contribution is -2.44. The van der Waals surface area contributed by atoms with E-state index in [4.69, 9.17) is 9.47 Å². The second kappa shape index (κ2) is 9.39. The van der Waals surface area contributed by atoms with Crippen LogP contribution in [-0.2, 0) is 14.3 Å². The summed E-state index contributed by atoms with van der Waals surface area (Å²) in [5, 5.41) is 6.16. The Morgan fingerprint density at radius 3 is 3.00 bits per heavy atom. The summed E-state index contributed by atoms with van der Waals surface area (Å²) in [6, 6.07) is -0.0172. The Bertz CT molecular complexity index is 204. The summed E-state index contributed by atoms with van der Waals surface area (Å²) in [7, 11) is 1.64. The molecule has 2 N–H and O–H groups in total. The number of methoxy groups -OCH3 is 1. The second-order valence-corrected chi connectivity index (χ2v) is 4.25. The number of nitrogens with one attached hydrogen (secondary N) is 2. The first-order valence-electron chi connectivity index (χ1n) is 6.42. The van der Waals surface area contributed by atoms with Crippen molar-refractivity contribution in [1.29, 1.82) is 0 Å². The van der Waals surface area contributed by atoms with Crippen molar-refractivity contribution in [1.82, 2.24) is 10.6 Å². The molecule has 0 aromatic heterocycles. The third-order valence-corrected chi connectivity index (χ3v) is 2.85. The molecular formula is C12H24N2O3. The standard InChI is InChI=1S/C12H24N2O3/c1-16-9-10-17-8-7-14-12(15)11-5-3-2-4-6-13-11/h11,13H,2-10H2,1H3,(H,14,15). The van der Waals surface area contributed by atoms with Crippen molar-refractivity contribution in [2.45, 2.75) is 31.7 Å². The number of rotatable bonds is 7. The highest BCUT2D eigenvalue weighted by atomic mass is 16.5. The minimum atomic E-state index is -0.0172. The maximum absolute atomic E-state index is 11.8. The Kier molecular flexibility index (Phi) is 7.96. The topological polar surface area (TPSA) is 59.6 Å². The Hall–Kier alpha value is -0.650. The lowest BCUT2D eigenvalue weighted by atomic mass is 10.1. The first kappa shape index (κ1) is 14.4. The zero-order valence-corrected chi connectivity index (χ0v) is 10.7. The van der Waals surface area contributed by atoms with Gasteiger partial charge < -0.3 is 20.1 Å². The maximum atomic E-state index is 11.8. The molecule has 0 radical (unpaired) electrons. The summed E-state index contributed by atoms with van der Waals surface area (Å²) >= 11 is 0. The van der Waals surface area contributed by atoms with Crippen LogP contribution in [0.2, 0.25) is 0 Å². The molecule has 1 unspecified atom stereocenters. The SMILES string of the molecule is COCCOCCNC(=O)C1CCCCCN1. The summed E-state index contributed by atoms with van der Waals surface area (Å²) in [6.45, 7) is 3.23. The van der Waals surface area contributed by atoms with Crippen LogP contribution in [0.15, 0.2) is 0 Å². The first-order chi connectivity index (χ1) is 8.34. The Morgan fingerprint density at radius 1 is 1.29 bits per heavy atom. The van der Waals surface area contributed by atoms with Gasteiger partial charge in [-0.15, -0.1) is 0 Å². The van der Waals surface area contributed by atoms with E-state index in [-0.39, 0.29) is 11.9 Å². The van der Waals surface area contributed by atoms with Crippen molar-refractivity contribution in [2.75, 3.05) is 40.0 Å². The predicted molar refractivity (Wildman–Crippen MR) is 66.0 cm³/mol. The lowest BCUT2D eigenvalue weighted by Gasteiger charge is -2.15. The molecular weight excluding hydrogens is 220 g/mol. The van der Waals surface area contributed by atoms with Crippen molar-refractivity contribution in [3.8, 4) is 0 Å². The minimum absolute atomic E-state index is 0.0172. The fourth-order valence-corrected chi connectivity index (χ4v) is 1.87. The van der Waals surface area contributed by atoms with Gasteiger partial charge in [-0.2, -0.15) is 0 Å². The Labute approximate surface area is 103 Å². The molecule has 17 heavy (non-hydrogen) atoms. The zero-order chi connectivity index (χ0) is 12.3. The smallest absolute Gasteiger partial charge is 0.237 e. The first-order valence-corrected chi connectivity index (χ1v) is 6.42. The van der Waals surface area contributed by atoms with Gasteiger partial charge in [0.25, 0.3) is 0 Å². The summed E-state index contributed by atoms with van der Waals surface area (Å²) in [6.07, 6.45) is 4.46. The van der Waals surface area contributed by atoms with E-state index >= 15 is 0 Å².